The molecule has 14 heavy (non-hydrogen) atoms. The lowest BCUT2D eigenvalue weighted by atomic mass is 10.1. The Bertz CT molecular complexity index is 326. The molecule has 0 spiro atoms. The predicted molar refractivity (Wildman–Crippen MR) is 64.3 cm³/mol. The van der Waals surface area contributed by atoms with Gasteiger partial charge < -0.3 is 0 Å². The summed E-state index contributed by atoms with van der Waals surface area (Å²) in [5, 5.41) is 0. The maximum atomic E-state index is 2.19. The van der Waals surface area contributed by atoms with Crippen LogP contribution in [0.3, 0.4) is 0 Å². The second-order valence-electron chi connectivity index (χ2n) is 3.46. The molecule has 0 bridgehead atoms. The van der Waals surface area contributed by atoms with E-state index in [1.54, 1.807) is 0 Å². The van der Waals surface area contributed by atoms with Crippen LogP contribution in [0.2, 0.25) is 0 Å². The zero-order chi connectivity index (χ0) is 10.4. The SMILES string of the molecule is C/C=C(\C=C\c1ccc(C)cc1)CC. The Morgan fingerprint density at radius 3 is 2.36 bits per heavy atom. The summed E-state index contributed by atoms with van der Waals surface area (Å²) in [4.78, 5) is 0. The summed E-state index contributed by atoms with van der Waals surface area (Å²) >= 11 is 0. The average molecular weight is 186 g/mol. The third-order valence-electron chi connectivity index (χ3n) is 2.35. The Balaban J connectivity index is 2.73. The summed E-state index contributed by atoms with van der Waals surface area (Å²) in [7, 11) is 0. The predicted octanol–water partition coefficient (Wildman–Crippen LogP) is 4.36. The van der Waals surface area contributed by atoms with E-state index < -0.39 is 0 Å². The molecule has 74 valence electrons. The molecule has 0 radical (unpaired) electrons. The van der Waals surface area contributed by atoms with Crippen molar-refractivity contribution in [3.8, 4) is 0 Å². The van der Waals surface area contributed by atoms with Crippen LogP contribution in [-0.4, -0.2) is 0 Å². The minimum absolute atomic E-state index is 1.10. The van der Waals surface area contributed by atoms with Crippen LogP contribution >= 0.6 is 0 Å². The van der Waals surface area contributed by atoms with Crippen LogP contribution in [0.25, 0.3) is 6.08 Å². The topological polar surface area (TPSA) is 0 Å². The highest BCUT2D eigenvalue weighted by Gasteiger charge is 1.87. The molecule has 0 nitrogen and oxygen atoms in total. The summed E-state index contributed by atoms with van der Waals surface area (Å²) in [6.45, 7) is 6.37. The van der Waals surface area contributed by atoms with Crippen molar-refractivity contribution in [3.63, 3.8) is 0 Å². The van der Waals surface area contributed by atoms with Gasteiger partial charge in [0.1, 0.15) is 0 Å². The van der Waals surface area contributed by atoms with Crippen LogP contribution in [-0.2, 0) is 0 Å². The molecule has 0 aliphatic heterocycles. The lowest BCUT2D eigenvalue weighted by Crippen LogP contribution is -1.75. The van der Waals surface area contributed by atoms with Crippen LogP contribution < -0.4 is 0 Å². The molecule has 1 aromatic carbocycles. The van der Waals surface area contributed by atoms with Crippen molar-refractivity contribution < 1.29 is 0 Å². The molecule has 1 rings (SSSR count). The van der Waals surface area contributed by atoms with Gasteiger partial charge in [-0.25, -0.2) is 0 Å². The van der Waals surface area contributed by atoms with Gasteiger partial charge in [0.2, 0.25) is 0 Å². The molecular weight excluding hydrogens is 168 g/mol. The van der Waals surface area contributed by atoms with E-state index in [1.165, 1.54) is 16.7 Å². The van der Waals surface area contributed by atoms with Gasteiger partial charge in [-0.2, -0.15) is 0 Å². The number of aryl methyl sites for hydroxylation is 1. The molecule has 0 aliphatic rings. The first-order chi connectivity index (χ1) is 6.76. The second-order valence-corrected chi connectivity index (χ2v) is 3.46. The monoisotopic (exact) mass is 186 g/mol. The second kappa shape index (κ2) is 5.43. The van der Waals surface area contributed by atoms with E-state index in [4.69, 9.17) is 0 Å². The molecular formula is C14H18. The molecule has 0 atom stereocenters. The Labute approximate surface area is 87.0 Å². The number of rotatable bonds is 3. The van der Waals surface area contributed by atoms with E-state index in [0.29, 0.717) is 0 Å². The van der Waals surface area contributed by atoms with Crippen LogP contribution in [0.5, 0.6) is 0 Å². The largest absolute Gasteiger partial charge is 0.0845 e. The summed E-state index contributed by atoms with van der Waals surface area (Å²) < 4.78 is 0. The van der Waals surface area contributed by atoms with Crippen molar-refractivity contribution in [2.45, 2.75) is 27.2 Å². The van der Waals surface area contributed by atoms with Crippen molar-refractivity contribution in [3.05, 3.63) is 53.1 Å². The fraction of sp³-hybridized carbons (Fsp3) is 0.286. The highest BCUT2D eigenvalue weighted by atomic mass is 13.9. The Kier molecular flexibility index (Phi) is 4.18. The van der Waals surface area contributed by atoms with E-state index in [0.717, 1.165) is 6.42 Å². The maximum absolute atomic E-state index is 2.19. The molecule has 0 unspecified atom stereocenters. The van der Waals surface area contributed by atoms with E-state index in [2.05, 4.69) is 63.3 Å². The van der Waals surface area contributed by atoms with Crippen LogP contribution in [0.4, 0.5) is 0 Å². The van der Waals surface area contributed by atoms with Gasteiger partial charge in [0, 0.05) is 0 Å². The smallest absolute Gasteiger partial charge is 0.0256 e. The molecule has 0 heteroatoms. The Morgan fingerprint density at radius 2 is 1.86 bits per heavy atom. The van der Waals surface area contributed by atoms with Crippen molar-refractivity contribution in [2.75, 3.05) is 0 Å². The molecule has 0 aliphatic carbocycles. The molecule has 0 saturated heterocycles. The van der Waals surface area contributed by atoms with Crippen molar-refractivity contribution >= 4 is 6.08 Å². The summed E-state index contributed by atoms with van der Waals surface area (Å²) in [5.41, 5.74) is 3.96. The van der Waals surface area contributed by atoms with E-state index in [1.807, 2.05) is 0 Å². The first kappa shape index (κ1) is 10.8. The Morgan fingerprint density at radius 1 is 1.21 bits per heavy atom. The van der Waals surface area contributed by atoms with Gasteiger partial charge >= 0.3 is 0 Å². The maximum Gasteiger partial charge on any atom is -0.0256 e. The molecule has 0 saturated carbocycles. The molecule has 1 aromatic rings. The summed E-state index contributed by atoms with van der Waals surface area (Å²) in [6, 6.07) is 8.57. The highest BCUT2D eigenvalue weighted by Crippen LogP contribution is 2.09. The highest BCUT2D eigenvalue weighted by molar-refractivity contribution is 5.53. The number of allylic oxidation sites excluding steroid dienone is 3. The first-order valence-electron chi connectivity index (χ1n) is 5.16. The first-order valence-corrected chi connectivity index (χ1v) is 5.16. The van der Waals surface area contributed by atoms with E-state index >= 15 is 0 Å². The van der Waals surface area contributed by atoms with Crippen molar-refractivity contribution in [1.82, 2.24) is 0 Å². The lowest BCUT2D eigenvalue weighted by Gasteiger charge is -1.96. The normalized spacial score (nSPS) is 12.4. The van der Waals surface area contributed by atoms with Gasteiger partial charge in [-0.1, -0.05) is 60.6 Å². The molecule has 0 N–H and O–H groups in total. The quantitative estimate of drug-likeness (QED) is 0.615. The van der Waals surface area contributed by atoms with Gasteiger partial charge in [-0.05, 0) is 25.8 Å². The van der Waals surface area contributed by atoms with Gasteiger partial charge in [0.25, 0.3) is 0 Å². The van der Waals surface area contributed by atoms with Crippen molar-refractivity contribution in [1.29, 1.82) is 0 Å². The molecule has 0 heterocycles. The van der Waals surface area contributed by atoms with Crippen molar-refractivity contribution in [2.24, 2.45) is 0 Å². The van der Waals surface area contributed by atoms with Gasteiger partial charge in [-0.3, -0.25) is 0 Å². The van der Waals surface area contributed by atoms with Crippen LogP contribution in [0.15, 0.2) is 42.0 Å². The van der Waals surface area contributed by atoms with E-state index in [9.17, 15) is 0 Å². The number of hydrogen-bond donors (Lipinski definition) is 0. The molecule has 0 fully saturated rings. The standard InChI is InChI=1S/C14H18/c1-4-13(5-2)10-11-14-8-6-12(3)7-9-14/h4,6-11H,5H2,1-3H3/b11-10+,13-4-. The number of benzene rings is 1. The number of hydrogen-bond acceptors (Lipinski definition) is 0. The van der Waals surface area contributed by atoms with Gasteiger partial charge in [0.15, 0.2) is 0 Å². The van der Waals surface area contributed by atoms with Gasteiger partial charge in [-0.15, -0.1) is 0 Å². The zero-order valence-electron chi connectivity index (χ0n) is 9.25. The van der Waals surface area contributed by atoms with Crippen LogP contribution in [0.1, 0.15) is 31.4 Å². The summed E-state index contributed by atoms with van der Waals surface area (Å²) in [6.07, 6.45) is 7.60. The lowest BCUT2D eigenvalue weighted by molar-refractivity contribution is 1.14. The summed E-state index contributed by atoms with van der Waals surface area (Å²) in [5.74, 6) is 0. The molecule has 0 aromatic heterocycles. The minimum atomic E-state index is 1.10. The van der Waals surface area contributed by atoms with Gasteiger partial charge in [0.05, 0.1) is 0 Å². The minimum Gasteiger partial charge on any atom is -0.0845 e. The Hall–Kier alpha value is -1.30. The third-order valence-corrected chi connectivity index (χ3v) is 2.35. The fourth-order valence-electron chi connectivity index (χ4n) is 1.30. The third kappa shape index (κ3) is 3.21. The van der Waals surface area contributed by atoms with Crippen LogP contribution in [0, 0.1) is 6.92 Å². The van der Waals surface area contributed by atoms with E-state index in [-0.39, 0.29) is 0 Å². The average Bonchev–Trinajstić information content (AvgIpc) is 2.22. The molecule has 0 amide bonds. The fourth-order valence-corrected chi connectivity index (χ4v) is 1.30. The zero-order valence-corrected chi connectivity index (χ0v) is 9.25.